The molecule has 29 heavy (non-hydrogen) atoms. The van der Waals surface area contributed by atoms with E-state index in [2.05, 4.69) is 27.7 Å². The third-order valence-electron chi connectivity index (χ3n) is 11.0. The highest BCUT2D eigenvalue weighted by atomic mass is 16.3. The van der Waals surface area contributed by atoms with Gasteiger partial charge in [-0.25, -0.2) is 0 Å². The van der Waals surface area contributed by atoms with E-state index < -0.39 is 0 Å². The minimum atomic E-state index is -0.190. The molecule has 168 valence electrons. The standard InChI is InChI=1S/C26H46O3/c1-5-18-22-15-17(28)10-12-26(22,4)21-11-13-25(3)19(16(2)7-6-14-27)8-9-20(25)23(21)24(18)29/h16-24,27-29H,5-15H2,1-4H3/t16-,17+,18-,19-,20?,21?,22+,23?,24+,25?,26-/m1/s1. The Balaban J connectivity index is 1.63. The van der Waals surface area contributed by atoms with Gasteiger partial charge in [0.2, 0.25) is 0 Å². The molecule has 0 heterocycles. The van der Waals surface area contributed by atoms with Crippen LogP contribution in [0.5, 0.6) is 0 Å². The number of hydrogen-bond donors (Lipinski definition) is 3. The van der Waals surface area contributed by atoms with Gasteiger partial charge in [-0.1, -0.05) is 34.1 Å². The maximum absolute atomic E-state index is 11.7. The van der Waals surface area contributed by atoms with Gasteiger partial charge >= 0.3 is 0 Å². The van der Waals surface area contributed by atoms with Gasteiger partial charge in [-0.2, -0.15) is 0 Å². The van der Waals surface area contributed by atoms with E-state index in [1.165, 1.54) is 25.7 Å². The molecule has 4 rings (SSSR count). The SMILES string of the molecule is CC[C@H]1[C@H](O)C2C3CC[C@H]([C@H](C)CCCO)C3(C)CCC2[C@@]2(C)CC[C@H](O)C[C@@H]12. The van der Waals surface area contributed by atoms with Crippen LogP contribution in [0.3, 0.4) is 0 Å². The Morgan fingerprint density at radius 2 is 1.62 bits per heavy atom. The molecule has 0 aromatic heterocycles. The molecule has 3 nitrogen and oxygen atoms in total. The summed E-state index contributed by atoms with van der Waals surface area (Å²) in [7, 11) is 0. The molecule has 3 heteroatoms. The Bertz CT molecular complexity index is 578. The summed E-state index contributed by atoms with van der Waals surface area (Å²) in [6.45, 7) is 10.0. The lowest BCUT2D eigenvalue weighted by molar-refractivity contribution is -0.203. The first-order chi connectivity index (χ1) is 13.8. The second kappa shape index (κ2) is 8.10. The molecule has 0 aliphatic heterocycles. The third-order valence-corrected chi connectivity index (χ3v) is 11.0. The maximum Gasteiger partial charge on any atom is 0.0605 e. The van der Waals surface area contributed by atoms with Gasteiger partial charge in [-0.15, -0.1) is 0 Å². The Kier molecular flexibility index (Phi) is 6.17. The van der Waals surface area contributed by atoms with Crippen molar-refractivity contribution in [2.75, 3.05) is 6.61 Å². The molecule has 4 aliphatic carbocycles. The van der Waals surface area contributed by atoms with Crippen molar-refractivity contribution >= 4 is 0 Å². The highest BCUT2D eigenvalue weighted by Gasteiger charge is 2.64. The summed E-state index contributed by atoms with van der Waals surface area (Å²) in [5.74, 6) is 3.97. The topological polar surface area (TPSA) is 60.7 Å². The van der Waals surface area contributed by atoms with E-state index >= 15 is 0 Å². The van der Waals surface area contributed by atoms with Gasteiger partial charge in [0.15, 0.2) is 0 Å². The van der Waals surface area contributed by atoms with Gasteiger partial charge in [-0.3, -0.25) is 0 Å². The van der Waals surface area contributed by atoms with Gasteiger partial charge in [0, 0.05) is 6.61 Å². The number of fused-ring (bicyclic) bond motifs is 5. The van der Waals surface area contributed by atoms with Crippen LogP contribution in [0.4, 0.5) is 0 Å². The predicted octanol–water partition coefficient (Wildman–Crippen LogP) is 5.02. The first-order valence-electron chi connectivity index (χ1n) is 12.7. The first kappa shape index (κ1) is 22.1. The Hall–Kier alpha value is -0.120. The average Bonchev–Trinajstić information content (AvgIpc) is 3.05. The van der Waals surface area contributed by atoms with Crippen LogP contribution in [0.15, 0.2) is 0 Å². The Morgan fingerprint density at radius 1 is 0.931 bits per heavy atom. The van der Waals surface area contributed by atoms with Crippen LogP contribution in [0.1, 0.15) is 91.9 Å². The second-order valence-corrected chi connectivity index (χ2v) is 12.0. The zero-order valence-electron chi connectivity index (χ0n) is 19.3. The number of hydrogen-bond acceptors (Lipinski definition) is 3. The van der Waals surface area contributed by atoms with Crippen LogP contribution in [0, 0.1) is 52.3 Å². The fourth-order valence-corrected chi connectivity index (χ4v) is 9.55. The molecule has 0 aromatic carbocycles. The molecule has 4 unspecified atom stereocenters. The lowest BCUT2D eigenvalue weighted by atomic mass is 9.41. The van der Waals surface area contributed by atoms with Gasteiger partial charge < -0.3 is 15.3 Å². The van der Waals surface area contributed by atoms with Crippen molar-refractivity contribution in [1.82, 2.24) is 0 Å². The van der Waals surface area contributed by atoms with Crippen molar-refractivity contribution in [2.24, 2.45) is 52.3 Å². The number of aliphatic hydroxyl groups excluding tert-OH is 3. The van der Waals surface area contributed by atoms with E-state index in [1.54, 1.807) is 0 Å². The summed E-state index contributed by atoms with van der Waals surface area (Å²) in [6.07, 6.45) is 10.9. The maximum atomic E-state index is 11.7. The molecule has 0 aromatic rings. The molecule has 4 saturated carbocycles. The largest absolute Gasteiger partial charge is 0.396 e. The van der Waals surface area contributed by atoms with Crippen LogP contribution >= 0.6 is 0 Å². The average molecular weight is 407 g/mol. The van der Waals surface area contributed by atoms with Crippen LogP contribution in [0.2, 0.25) is 0 Å². The van der Waals surface area contributed by atoms with Crippen molar-refractivity contribution in [3.8, 4) is 0 Å². The minimum absolute atomic E-state index is 0.164. The molecule has 11 atom stereocenters. The third kappa shape index (κ3) is 3.33. The van der Waals surface area contributed by atoms with Crippen molar-refractivity contribution < 1.29 is 15.3 Å². The van der Waals surface area contributed by atoms with Crippen molar-refractivity contribution in [1.29, 1.82) is 0 Å². The Morgan fingerprint density at radius 3 is 2.31 bits per heavy atom. The summed E-state index contributed by atoms with van der Waals surface area (Å²) in [4.78, 5) is 0. The van der Waals surface area contributed by atoms with Gasteiger partial charge in [0.25, 0.3) is 0 Å². The molecule has 0 amide bonds. The van der Waals surface area contributed by atoms with Gasteiger partial charge in [0.05, 0.1) is 12.2 Å². The van der Waals surface area contributed by atoms with E-state index in [1.807, 2.05) is 0 Å². The molecule has 0 saturated heterocycles. The molecule has 0 radical (unpaired) electrons. The summed E-state index contributed by atoms with van der Waals surface area (Å²) < 4.78 is 0. The van der Waals surface area contributed by atoms with Gasteiger partial charge in [-0.05, 0) is 110 Å². The summed E-state index contributed by atoms with van der Waals surface area (Å²) in [5.41, 5.74) is 0.651. The summed E-state index contributed by atoms with van der Waals surface area (Å²) in [5, 5.41) is 31.4. The number of aliphatic hydroxyl groups is 3. The fraction of sp³-hybridized carbons (Fsp3) is 1.00. The van der Waals surface area contributed by atoms with Crippen LogP contribution in [-0.2, 0) is 0 Å². The molecule has 0 spiro atoms. The first-order valence-corrected chi connectivity index (χ1v) is 12.7. The summed E-state index contributed by atoms with van der Waals surface area (Å²) in [6, 6.07) is 0. The van der Waals surface area contributed by atoms with E-state index in [0.29, 0.717) is 52.9 Å². The monoisotopic (exact) mass is 406 g/mol. The second-order valence-electron chi connectivity index (χ2n) is 12.0. The molecule has 3 N–H and O–H groups in total. The molecule has 4 aliphatic rings. The highest BCUT2D eigenvalue weighted by molar-refractivity contribution is 5.13. The van der Waals surface area contributed by atoms with E-state index in [-0.39, 0.29) is 12.2 Å². The van der Waals surface area contributed by atoms with E-state index in [0.717, 1.165) is 44.4 Å². The molecular formula is C26H46O3. The van der Waals surface area contributed by atoms with Crippen LogP contribution in [-0.4, -0.2) is 34.1 Å². The quantitative estimate of drug-likeness (QED) is 0.601. The van der Waals surface area contributed by atoms with Crippen LogP contribution in [0.25, 0.3) is 0 Å². The van der Waals surface area contributed by atoms with E-state index in [4.69, 9.17) is 0 Å². The minimum Gasteiger partial charge on any atom is -0.396 e. The zero-order valence-corrected chi connectivity index (χ0v) is 19.3. The smallest absolute Gasteiger partial charge is 0.0605 e. The Labute approximate surface area is 178 Å². The van der Waals surface area contributed by atoms with Crippen LogP contribution < -0.4 is 0 Å². The van der Waals surface area contributed by atoms with E-state index in [9.17, 15) is 15.3 Å². The lowest BCUT2D eigenvalue weighted by Crippen LogP contribution is -2.62. The van der Waals surface area contributed by atoms with Crippen molar-refractivity contribution in [3.63, 3.8) is 0 Å². The predicted molar refractivity (Wildman–Crippen MR) is 117 cm³/mol. The van der Waals surface area contributed by atoms with Crippen molar-refractivity contribution in [2.45, 2.75) is 104 Å². The normalized spacial score (nSPS) is 53.1. The molecular weight excluding hydrogens is 360 g/mol. The lowest BCUT2D eigenvalue weighted by Gasteiger charge is -2.64. The zero-order chi connectivity index (χ0) is 21.0. The fourth-order valence-electron chi connectivity index (χ4n) is 9.55. The molecule has 0 bridgehead atoms. The molecule has 4 fully saturated rings. The van der Waals surface area contributed by atoms with Gasteiger partial charge in [0.1, 0.15) is 0 Å². The van der Waals surface area contributed by atoms with Crippen molar-refractivity contribution in [3.05, 3.63) is 0 Å². The number of rotatable bonds is 5. The summed E-state index contributed by atoms with van der Waals surface area (Å²) >= 11 is 0. The highest BCUT2D eigenvalue weighted by Crippen LogP contribution is 2.69.